The lowest BCUT2D eigenvalue weighted by Crippen LogP contribution is -2.59. The van der Waals surface area contributed by atoms with Crippen molar-refractivity contribution in [3.05, 3.63) is 66.2 Å². The first-order chi connectivity index (χ1) is 11.5. The van der Waals surface area contributed by atoms with E-state index < -0.39 is 11.6 Å². The number of aliphatic hydroxyl groups is 1. The SMILES string of the molecule is NC(=S)NN[C@]1(O)C[C@@H](c2ccccc2)N(c2ccccc2)C1=O. The maximum Gasteiger partial charge on any atom is 0.276 e. The molecule has 0 unspecified atom stereocenters. The molecule has 2 atom stereocenters. The topological polar surface area (TPSA) is 90.6 Å². The van der Waals surface area contributed by atoms with E-state index in [1.54, 1.807) is 4.90 Å². The minimum absolute atomic E-state index is 0.0503. The van der Waals surface area contributed by atoms with E-state index in [2.05, 4.69) is 10.9 Å². The summed E-state index contributed by atoms with van der Waals surface area (Å²) < 4.78 is 0. The van der Waals surface area contributed by atoms with Crippen LogP contribution in [0.1, 0.15) is 18.0 Å². The van der Waals surface area contributed by atoms with Gasteiger partial charge in [-0.25, -0.2) is 0 Å². The van der Waals surface area contributed by atoms with Gasteiger partial charge in [0.2, 0.25) is 5.72 Å². The number of hydrogen-bond acceptors (Lipinski definition) is 4. The number of hydrazine groups is 1. The van der Waals surface area contributed by atoms with Crippen molar-refractivity contribution in [3.63, 3.8) is 0 Å². The van der Waals surface area contributed by atoms with Crippen LogP contribution in [0.25, 0.3) is 0 Å². The number of hydrogen-bond donors (Lipinski definition) is 4. The molecule has 0 aliphatic carbocycles. The van der Waals surface area contributed by atoms with Crippen molar-refractivity contribution in [2.24, 2.45) is 5.73 Å². The van der Waals surface area contributed by atoms with Gasteiger partial charge in [-0.3, -0.25) is 10.2 Å². The first-order valence-corrected chi connectivity index (χ1v) is 7.91. The first-order valence-electron chi connectivity index (χ1n) is 7.50. The zero-order valence-electron chi connectivity index (χ0n) is 12.8. The van der Waals surface area contributed by atoms with E-state index in [0.29, 0.717) is 5.69 Å². The van der Waals surface area contributed by atoms with E-state index in [1.807, 2.05) is 60.7 Å². The molecule has 1 aliphatic heterocycles. The van der Waals surface area contributed by atoms with Gasteiger partial charge < -0.3 is 15.7 Å². The van der Waals surface area contributed by atoms with Crippen molar-refractivity contribution in [1.82, 2.24) is 10.9 Å². The van der Waals surface area contributed by atoms with Gasteiger partial charge in [-0.05, 0) is 29.9 Å². The molecule has 0 aromatic heterocycles. The highest BCUT2D eigenvalue weighted by atomic mass is 32.1. The van der Waals surface area contributed by atoms with Crippen LogP contribution < -0.4 is 21.5 Å². The van der Waals surface area contributed by atoms with Crippen molar-refractivity contribution in [2.75, 3.05) is 4.90 Å². The van der Waals surface area contributed by atoms with E-state index in [1.165, 1.54) is 0 Å². The van der Waals surface area contributed by atoms with Crippen LogP contribution in [0.5, 0.6) is 0 Å². The summed E-state index contributed by atoms with van der Waals surface area (Å²) in [6.07, 6.45) is 0.153. The van der Waals surface area contributed by atoms with Crippen LogP contribution >= 0.6 is 12.2 Å². The zero-order chi connectivity index (χ0) is 17.2. The normalized spacial score (nSPS) is 23.3. The predicted octanol–water partition coefficient (Wildman–Crippen LogP) is 1.19. The van der Waals surface area contributed by atoms with Crippen LogP contribution in [-0.2, 0) is 4.79 Å². The summed E-state index contributed by atoms with van der Waals surface area (Å²) in [5.41, 5.74) is 10.2. The molecule has 1 fully saturated rings. The fourth-order valence-corrected chi connectivity index (χ4v) is 2.95. The molecule has 0 saturated carbocycles. The first kappa shape index (κ1) is 16.4. The maximum absolute atomic E-state index is 12.9. The fraction of sp³-hybridized carbons (Fsp3) is 0.176. The number of thiocarbonyl (C=S) groups is 1. The van der Waals surface area contributed by atoms with E-state index in [-0.39, 0.29) is 17.6 Å². The average molecular weight is 342 g/mol. The van der Waals surface area contributed by atoms with E-state index in [4.69, 9.17) is 18.0 Å². The Kier molecular flexibility index (Phi) is 4.48. The molecule has 2 aromatic carbocycles. The van der Waals surface area contributed by atoms with Gasteiger partial charge in [0, 0.05) is 12.1 Å². The highest BCUT2D eigenvalue weighted by Crippen LogP contribution is 2.40. The number of nitrogens with two attached hydrogens (primary N) is 1. The Bertz CT molecular complexity index is 741. The van der Waals surface area contributed by atoms with Crippen LogP contribution in [0.4, 0.5) is 5.69 Å². The Balaban J connectivity index is 1.99. The minimum Gasteiger partial charge on any atom is -0.375 e. The lowest BCUT2D eigenvalue weighted by molar-refractivity contribution is -0.137. The molecule has 124 valence electrons. The lowest BCUT2D eigenvalue weighted by atomic mass is 10.0. The van der Waals surface area contributed by atoms with Crippen LogP contribution in [0, 0.1) is 0 Å². The number of nitrogens with zero attached hydrogens (tertiary/aromatic N) is 1. The molecule has 1 saturated heterocycles. The van der Waals surface area contributed by atoms with Crippen LogP contribution in [-0.4, -0.2) is 21.9 Å². The molecule has 1 aliphatic rings. The predicted molar refractivity (Wildman–Crippen MR) is 95.7 cm³/mol. The molecule has 0 spiro atoms. The highest BCUT2D eigenvalue weighted by molar-refractivity contribution is 7.80. The van der Waals surface area contributed by atoms with Crippen molar-refractivity contribution in [1.29, 1.82) is 0 Å². The molecule has 7 heteroatoms. The van der Waals surface area contributed by atoms with Crippen molar-refractivity contribution < 1.29 is 9.90 Å². The van der Waals surface area contributed by atoms with Crippen molar-refractivity contribution in [3.8, 4) is 0 Å². The van der Waals surface area contributed by atoms with Crippen molar-refractivity contribution in [2.45, 2.75) is 18.2 Å². The number of para-hydroxylation sites is 1. The third-order valence-corrected chi connectivity index (χ3v) is 4.09. The smallest absolute Gasteiger partial charge is 0.276 e. The second kappa shape index (κ2) is 6.56. The van der Waals surface area contributed by atoms with Crippen LogP contribution in [0.2, 0.25) is 0 Å². The summed E-state index contributed by atoms with van der Waals surface area (Å²) in [5.74, 6) is -0.466. The molecular formula is C17H18N4O2S. The van der Waals surface area contributed by atoms with Crippen molar-refractivity contribution >= 4 is 28.9 Å². The minimum atomic E-state index is -1.81. The fourth-order valence-electron chi connectivity index (χ4n) is 2.90. The van der Waals surface area contributed by atoms with E-state index in [0.717, 1.165) is 5.56 Å². The molecular weight excluding hydrogens is 324 g/mol. The molecule has 1 amide bonds. The van der Waals surface area contributed by atoms with Gasteiger partial charge in [0.05, 0.1) is 6.04 Å². The number of amides is 1. The average Bonchev–Trinajstić information content (AvgIpc) is 2.87. The zero-order valence-corrected chi connectivity index (χ0v) is 13.7. The van der Waals surface area contributed by atoms with Gasteiger partial charge in [-0.15, -0.1) is 0 Å². The summed E-state index contributed by atoms with van der Waals surface area (Å²) in [7, 11) is 0. The van der Waals surface area contributed by atoms with Gasteiger partial charge in [0.25, 0.3) is 5.91 Å². The van der Waals surface area contributed by atoms with Crippen LogP contribution in [0.15, 0.2) is 60.7 Å². The largest absolute Gasteiger partial charge is 0.375 e. The maximum atomic E-state index is 12.9. The molecule has 0 radical (unpaired) electrons. The summed E-state index contributed by atoms with van der Waals surface area (Å²) in [6, 6.07) is 18.5. The van der Waals surface area contributed by atoms with Gasteiger partial charge >= 0.3 is 0 Å². The third kappa shape index (κ3) is 3.09. The van der Waals surface area contributed by atoms with E-state index >= 15 is 0 Å². The van der Waals surface area contributed by atoms with Gasteiger partial charge in [-0.1, -0.05) is 48.5 Å². The Labute approximate surface area is 145 Å². The Morgan fingerprint density at radius 3 is 2.33 bits per heavy atom. The second-order valence-electron chi connectivity index (χ2n) is 5.62. The standard InChI is InChI=1S/C17H18N4O2S/c18-16(24)19-20-17(23)11-14(12-7-3-1-4-8-12)21(15(17)22)13-9-5-2-6-10-13/h1-10,14,20,23H,11H2,(H3,18,19,24)/t14-,17-/m0/s1. The Hall–Kier alpha value is -2.48. The third-order valence-electron chi connectivity index (χ3n) is 3.98. The number of benzene rings is 2. The summed E-state index contributed by atoms with van der Waals surface area (Å²) in [4.78, 5) is 14.5. The molecule has 5 N–H and O–H groups in total. The highest BCUT2D eigenvalue weighted by Gasteiger charge is 2.52. The van der Waals surface area contributed by atoms with Gasteiger partial charge in [0.15, 0.2) is 5.11 Å². The number of rotatable bonds is 4. The number of carbonyl (C=O) groups is 1. The lowest BCUT2D eigenvalue weighted by Gasteiger charge is -2.25. The van der Waals surface area contributed by atoms with Gasteiger partial charge in [-0.2, -0.15) is 5.43 Å². The molecule has 6 nitrogen and oxygen atoms in total. The summed E-state index contributed by atoms with van der Waals surface area (Å²) >= 11 is 4.73. The van der Waals surface area contributed by atoms with E-state index in [9.17, 15) is 9.90 Å². The molecule has 24 heavy (non-hydrogen) atoms. The number of carbonyl (C=O) groups excluding carboxylic acids is 1. The molecule has 2 aromatic rings. The molecule has 3 rings (SSSR count). The molecule has 0 bridgehead atoms. The Morgan fingerprint density at radius 1 is 1.17 bits per heavy atom. The second-order valence-corrected chi connectivity index (χ2v) is 6.06. The molecule has 1 heterocycles. The number of anilines is 1. The summed E-state index contributed by atoms with van der Waals surface area (Å²) in [5, 5.41) is 10.7. The number of nitrogens with one attached hydrogen (secondary N) is 2. The summed E-state index contributed by atoms with van der Waals surface area (Å²) in [6.45, 7) is 0. The Morgan fingerprint density at radius 2 is 1.75 bits per heavy atom. The quantitative estimate of drug-likeness (QED) is 0.379. The monoisotopic (exact) mass is 342 g/mol. The van der Waals surface area contributed by atoms with Gasteiger partial charge in [0.1, 0.15) is 0 Å². The van der Waals surface area contributed by atoms with Crippen LogP contribution in [0.3, 0.4) is 0 Å².